The van der Waals surface area contributed by atoms with E-state index < -0.39 is 0 Å². The number of carbonyl (C=O) groups excluding carboxylic acids is 2. The Balaban J connectivity index is 1.42. The molecule has 5 heteroatoms. The van der Waals surface area contributed by atoms with Crippen LogP contribution in [0.4, 0.5) is 0 Å². The molecule has 0 heterocycles. The molecule has 5 rings (SSSR count). The van der Waals surface area contributed by atoms with Gasteiger partial charge in [-0.1, -0.05) is 12.1 Å². The number of thioether (sulfide) groups is 1. The molecule has 4 saturated carbocycles. The van der Waals surface area contributed by atoms with Gasteiger partial charge in [0.1, 0.15) is 0 Å². The van der Waals surface area contributed by atoms with Crippen LogP contribution in [0.3, 0.4) is 0 Å². The highest BCUT2D eigenvalue weighted by atomic mass is 32.2. The number of hydrogen-bond acceptors (Lipinski definition) is 3. The van der Waals surface area contributed by atoms with Crippen LogP contribution in [-0.4, -0.2) is 24.1 Å². The number of primary amides is 1. The Hall–Kier alpha value is -1.49. The molecule has 0 unspecified atom stereocenters. The molecular weight excluding hydrogens is 332 g/mol. The van der Waals surface area contributed by atoms with Crippen molar-refractivity contribution in [1.82, 2.24) is 5.32 Å². The minimum atomic E-state index is -0.367. The molecule has 4 aliphatic rings. The topological polar surface area (TPSA) is 72.2 Å². The van der Waals surface area contributed by atoms with E-state index in [4.69, 9.17) is 5.73 Å². The number of amides is 2. The van der Waals surface area contributed by atoms with Gasteiger partial charge in [0.2, 0.25) is 5.91 Å². The van der Waals surface area contributed by atoms with Crippen molar-refractivity contribution in [2.45, 2.75) is 43.4 Å². The first-order valence-corrected chi connectivity index (χ1v) is 10.3. The SMILES string of the molecule is NC(=O)CSc1ccccc1C(=O)NCC12CC3CC(CC(C3)C1)C2. The van der Waals surface area contributed by atoms with E-state index >= 15 is 0 Å². The lowest BCUT2D eigenvalue weighted by Crippen LogP contribution is -2.51. The third kappa shape index (κ3) is 3.57. The lowest BCUT2D eigenvalue weighted by molar-refractivity contribution is -0.115. The summed E-state index contributed by atoms with van der Waals surface area (Å²) in [5, 5.41) is 3.22. The van der Waals surface area contributed by atoms with Crippen molar-refractivity contribution in [3.05, 3.63) is 29.8 Å². The Morgan fingerprint density at radius 2 is 1.68 bits per heavy atom. The average Bonchev–Trinajstić information content (AvgIpc) is 2.57. The number of nitrogens with two attached hydrogens (primary N) is 1. The fourth-order valence-corrected chi connectivity index (χ4v) is 6.59. The maximum Gasteiger partial charge on any atom is 0.252 e. The molecule has 4 bridgehead atoms. The normalized spacial score (nSPS) is 32.6. The first kappa shape index (κ1) is 17.0. The molecule has 0 atom stereocenters. The smallest absolute Gasteiger partial charge is 0.252 e. The number of nitrogens with one attached hydrogen (secondary N) is 1. The van der Waals surface area contributed by atoms with Crippen molar-refractivity contribution in [2.75, 3.05) is 12.3 Å². The molecule has 0 aromatic heterocycles. The zero-order valence-corrected chi connectivity index (χ0v) is 15.3. The van der Waals surface area contributed by atoms with E-state index in [-0.39, 0.29) is 17.6 Å². The summed E-state index contributed by atoms with van der Waals surface area (Å²) in [6.07, 6.45) is 8.12. The van der Waals surface area contributed by atoms with Crippen molar-refractivity contribution < 1.29 is 9.59 Å². The molecule has 0 spiro atoms. The van der Waals surface area contributed by atoms with Gasteiger partial charge in [0, 0.05) is 11.4 Å². The second kappa shape index (κ2) is 6.67. The monoisotopic (exact) mass is 358 g/mol. The lowest BCUT2D eigenvalue weighted by Gasteiger charge is -2.56. The van der Waals surface area contributed by atoms with E-state index in [9.17, 15) is 9.59 Å². The Labute approximate surface area is 153 Å². The van der Waals surface area contributed by atoms with Crippen molar-refractivity contribution in [2.24, 2.45) is 28.9 Å². The Morgan fingerprint density at radius 1 is 1.08 bits per heavy atom. The summed E-state index contributed by atoms with van der Waals surface area (Å²) in [5.41, 5.74) is 6.22. The second-order valence-electron chi connectivity index (χ2n) is 8.35. The van der Waals surface area contributed by atoms with Crippen LogP contribution >= 0.6 is 11.8 Å². The molecule has 134 valence electrons. The Kier molecular flexibility index (Phi) is 4.52. The third-order valence-electron chi connectivity index (χ3n) is 6.29. The highest BCUT2D eigenvalue weighted by Gasteiger charge is 2.50. The minimum Gasteiger partial charge on any atom is -0.369 e. The predicted molar refractivity (Wildman–Crippen MR) is 99.3 cm³/mol. The Morgan fingerprint density at radius 3 is 2.28 bits per heavy atom. The van der Waals surface area contributed by atoms with Crippen molar-refractivity contribution in [1.29, 1.82) is 0 Å². The van der Waals surface area contributed by atoms with Gasteiger partial charge < -0.3 is 11.1 Å². The first-order valence-electron chi connectivity index (χ1n) is 9.31. The van der Waals surface area contributed by atoms with Crippen molar-refractivity contribution in [3.8, 4) is 0 Å². The van der Waals surface area contributed by atoms with E-state index in [1.807, 2.05) is 24.3 Å². The summed E-state index contributed by atoms with van der Waals surface area (Å²) in [6.45, 7) is 0.796. The van der Waals surface area contributed by atoms with Crippen LogP contribution < -0.4 is 11.1 Å². The van der Waals surface area contributed by atoms with E-state index in [0.717, 1.165) is 29.2 Å². The third-order valence-corrected chi connectivity index (χ3v) is 7.39. The van der Waals surface area contributed by atoms with Gasteiger partial charge in [-0.3, -0.25) is 9.59 Å². The zero-order chi connectivity index (χ0) is 17.4. The van der Waals surface area contributed by atoms with E-state index in [1.165, 1.54) is 50.3 Å². The number of carbonyl (C=O) groups is 2. The summed E-state index contributed by atoms with van der Waals surface area (Å²) >= 11 is 1.33. The lowest BCUT2D eigenvalue weighted by atomic mass is 9.49. The van der Waals surface area contributed by atoms with Crippen molar-refractivity contribution in [3.63, 3.8) is 0 Å². The quantitative estimate of drug-likeness (QED) is 0.767. The van der Waals surface area contributed by atoms with Gasteiger partial charge in [0.25, 0.3) is 5.91 Å². The molecular formula is C20H26N2O2S. The van der Waals surface area contributed by atoms with Crippen LogP contribution in [0.15, 0.2) is 29.2 Å². The molecule has 1 aromatic rings. The first-order chi connectivity index (χ1) is 12.0. The molecule has 4 nitrogen and oxygen atoms in total. The van der Waals surface area contributed by atoms with E-state index in [1.54, 1.807) is 0 Å². The highest BCUT2D eigenvalue weighted by Crippen LogP contribution is 2.59. The molecule has 2 amide bonds. The number of hydrogen-bond donors (Lipinski definition) is 2. The van der Waals surface area contributed by atoms with Gasteiger partial charge in [-0.15, -0.1) is 11.8 Å². The maximum absolute atomic E-state index is 12.8. The molecule has 4 aliphatic carbocycles. The zero-order valence-electron chi connectivity index (χ0n) is 14.5. The van der Waals surface area contributed by atoms with Gasteiger partial charge in [0.05, 0.1) is 11.3 Å². The standard InChI is InChI=1S/C20H26N2O2S/c21-18(23)11-25-17-4-2-1-3-16(17)19(24)22-12-20-8-13-5-14(9-20)7-15(6-13)10-20/h1-4,13-15H,5-12H2,(H2,21,23)(H,22,24). The van der Waals surface area contributed by atoms with E-state index in [2.05, 4.69) is 5.32 Å². The van der Waals surface area contributed by atoms with Crippen LogP contribution in [0.2, 0.25) is 0 Å². The summed E-state index contributed by atoms with van der Waals surface area (Å²) in [6, 6.07) is 7.47. The van der Waals surface area contributed by atoms with Gasteiger partial charge in [0.15, 0.2) is 0 Å². The van der Waals surface area contributed by atoms with Crippen LogP contribution in [0.25, 0.3) is 0 Å². The fraction of sp³-hybridized carbons (Fsp3) is 0.600. The predicted octanol–water partition coefficient (Wildman–Crippen LogP) is 3.21. The van der Waals surface area contributed by atoms with Gasteiger partial charge >= 0.3 is 0 Å². The Bertz CT molecular complexity index is 653. The van der Waals surface area contributed by atoms with Crippen LogP contribution in [0, 0.1) is 23.2 Å². The summed E-state index contributed by atoms with van der Waals surface area (Å²) < 4.78 is 0. The van der Waals surface area contributed by atoms with Crippen molar-refractivity contribution >= 4 is 23.6 Å². The van der Waals surface area contributed by atoms with Crippen LogP contribution in [0.5, 0.6) is 0 Å². The molecule has 0 saturated heterocycles. The summed E-state index contributed by atoms with van der Waals surface area (Å²) in [7, 11) is 0. The number of benzene rings is 1. The van der Waals surface area contributed by atoms with Gasteiger partial charge in [-0.2, -0.15) is 0 Å². The minimum absolute atomic E-state index is 0.0247. The van der Waals surface area contributed by atoms with Crippen LogP contribution in [-0.2, 0) is 4.79 Å². The summed E-state index contributed by atoms with van der Waals surface area (Å²) in [4.78, 5) is 24.6. The maximum atomic E-state index is 12.8. The summed E-state index contributed by atoms with van der Waals surface area (Å²) in [5.74, 6) is 2.47. The van der Waals surface area contributed by atoms with Crippen LogP contribution in [0.1, 0.15) is 48.9 Å². The molecule has 1 aromatic carbocycles. The largest absolute Gasteiger partial charge is 0.369 e. The molecule has 25 heavy (non-hydrogen) atoms. The van der Waals surface area contributed by atoms with Gasteiger partial charge in [-0.05, 0) is 73.8 Å². The highest BCUT2D eigenvalue weighted by molar-refractivity contribution is 8.00. The second-order valence-corrected chi connectivity index (χ2v) is 9.37. The molecule has 0 aliphatic heterocycles. The fourth-order valence-electron chi connectivity index (χ4n) is 5.80. The molecule has 3 N–H and O–H groups in total. The van der Waals surface area contributed by atoms with Gasteiger partial charge in [-0.25, -0.2) is 0 Å². The average molecular weight is 359 g/mol. The molecule has 4 fully saturated rings. The van der Waals surface area contributed by atoms with E-state index in [0.29, 0.717) is 11.0 Å². The molecule has 0 radical (unpaired) electrons. The number of rotatable bonds is 6.